The van der Waals surface area contributed by atoms with Crippen LogP contribution in [0.3, 0.4) is 0 Å². The lowest BCUT2D eigenvalue weighted by Gasteiger charge is -2.18. The monoisotopic (exact) mass is 353 g/mol. The van der Waals surface area contributed by atoms with Crippen LogP contribution in [0.15, 0.2) is 69.1 Å². The fourth-order valence-corrected chi connectivity index (χ4v) is 3.97. The van der Waals surface area contributed by atoms with Crippen LogP contribution < -0.4 is 0 Å². The highest BCUT2D eigenvalue weighted by Crippen LogP contribution is 2.36. The van der Waals surface area contributed by atoms with Crippen LogP contribution in [-0.4, -0.2) is 15.0 Å². The molecule has 2 heterocycles. The minimum Gasteiger partial charge on any atom is -0.241 e. The Balaban J connectivity index is 1.84. The number of thioether (sulfide) groups is 2. The molecule has 0 bridgehead atoms. The number of hydrogen-bond acceptors (Lipinski definition) is 5. The third kappa shape index (κ3) is 4.58. The van der Waals surface area contributed by atoms with E-state index in [1.807, 2.05) is 13.0 Å². The lowest BCUT2D eigenvalue weighted by atomic mass is 10.1. The molecule has 0 N–H and O–H groups in total. The molecule has 0 radical (unpaired) electrons. The summed E-state index contributed by atoms with van der Waals surface area (Å²) in [5.74, 6) is 0. The molecule has 2 aromatic rings. The predicted octanol–water partition coefficient (Wildman–Crippen LogP) is 5.84. The van der Waals surface area contributed by atoms with E-state index >= 15 is 0 Å². The maximum atomic E-state index is 4.82. The summed E-state index contributed by atoms with van der Waals surface area (Å²) in [5.41, 5.74) is 4.41. The van der Waals surface area contributed by atoms with Crippen molar-refractivity contribution in [2.24, 2.45) is 4.99 Å². The summed E-state index contributed by atoms with van der Waals surface area (Å²) in [4.78, 5) is 14.7. The van der Waals surface area contributed by atoms with E-state index in [1.54, 1.807) is 29.7 Å². The van der Waals surface area contributed by atoms with Gasteiger partial charge < -0.3 is 0 Å². The molecule has 1 saturated heterocycles. The Morgan fingerprint density at radius 3 is 2.71 bits per heavy atom. The second-order valence-corrected chi connectivity index (χ2v) is 7.64. The molecule has 3 nitrogen and oxygen atoms in total. The molecule has 1 aromatic carbocycles. The average molecular weight is 354 g/mol. The van der Waals surface area contributed by atoms with Gasteiger partial charge in [0.1, 0.15) is 5.04 Å². The van der Waals surface area contributed by atoms with E-state index in [1.165, 1.54) is 11.1 Å². The van der Waals surface area contributed by atoms with Crippen molar-refractivity contribution in [1.82, 2.24) is 9.97 Å². The van der Waals surface area contributed by atoms with Gasteiger partial charge in [0.25, 0.3) is 0 Å². The van der Waals surface area contributed by atoms with Crippen LogP contribution >= 0.6 is 23.5 Å². The molecule has 0 aliphatic carbocycles. The summed E-state index contributed by atoms with van der Waals surface area (Å²) in [5, 5.41) is 3.92. The number of aromatic nitrogens is 2. The highest BCUT2D eigenvalue weighted by Gasteiger charge is 2.17. The van der Waals surface area contributed by atoms with Crippen molar-refractivity contribution < 1.29 is 0 Å². The van der Waals surface area contributed by atoms with Crippen LogP contribution in [0.2, 0.25) is 0 Å². The molecule has 3 rings (SSSR count). The lowest BCUT2D eigenvalue weighted by Crippen LogP contribution is -2.04. The summed E-state index contributed by atoms with van der Waals surface area (Å²) in [6.07, 6.45) is 3.73. The van der Waals surface area contributed by atoms with Gasteiger partial charge in [-0.15, -0.1) is 0 Å². The van der Waals surface area contributed by atoms with Gasteiger partial charge in [-0.05, 0) is 60.8 Å². The molecule has 1 fully saturated rings. The van der Waals surface area contributed by atoms with E-state index in [0.29, 0.717) is 0 Å². The highest BCUT2D eigenvalue weighted by atomic mass is 32.2. The number of aryl methyl sites for hydroxylation is 2. The van der Waals surface area contributed by atoms with Gasteiger partial charge in [-0.3, -0.25) is 0 Å². The van der Waals surface area contributed by atoms with E-state index in [0.717, 1.165) is 39.3 Å². The molecule has 5 heteroatoms. The number of rotatable bonds is 3. The van der Waals surface area contributed by atoms with Gasteiger partial charge in [0.2, 0.25) is 0 Å². The Morgan fingerprint density at radius 1 is 1.17 bits per heavy atom. The van der Waals surface area contributed by atoms with Crippen molar-refractivity contribution in [3.8, 4) is 0 Å². The molecular formula is C19H19N3S2. The third-order valence-corrected chi connectivity index (χ3v) is 5.38. The van der Waals surface area contributed by atoms with E-state index in [-0.39, 0.29) is 0 Å². The zero-order chi connectivity index (χ0) is 16.9. The first kappa shape index (κ1) is 17.0. The van der Waals surface area contributed by atoms with E-state index < -0.39 is 0 Å². The molecule has 0 atom stereocenters. The molecule has 1 aromatic heterocycles. The smallest absolute Gasteiger partial charge is 0.192 e. The number of hydrogen-bond donors (Lipinski definition) is 0. The van der Waals surface area contributed by atoms with Gasteiger partial charge in [-0.25, -0.2) is 15.0 Å². The maximum absolute atomic E-state index is 4.82. The van der Waals surface area contributed by atoms with Crippen LogP contribution in [0.5, 0.6) is 0 Å². The Kier molecular flexibility index (Phi) is 5.53. The zero-order valence-electron chi connectivity index (χ0n) is 13.8. The van der Waals surface area contributed by atoms with Crippen LogP contribution in [-0.2, 0) is 0 Å². The maximum Gasteiger partial charge on any atom is 0.192 e. The Morgan fingerprint density at radius 2 is 1.96 bits per heavy atom. The molecule has 0 unspecified atom stereocenters. The summed E-state index contributed by atoms with van der Waals surface area (Å²) in [6.45, 7) is 8.16. The van der Waals surface area contributed by atoms with Crippen LogP contribution in [0, 0.1) is 13.8 Å². The van der Waals surface area contributed by atoms with Gasteiger partial charge in [0.05, 0.1) is 5.69 Å². The first-order chi connectivity index (χ1) is 11.6. The van der Waals surface area contributed by atoms with Crippen LogP contribution in [0.25, 0.3) is 0 Å². The summed E-state index contributed by atoms with van der Waals surface area (Å²) < 4.78 is 0. The SMILES string of the molecule is C=C1CC/C(=C\Sc2nccc(C)n2)C(=Nc2ccc(C)cc2)S1. The Hall–Kier alpha value is -1.85. The van der Waals surface area contributed by atoms with Crippen molar-refractivity contribution in [3.63, 3.8) is 0 Å². The largest absolute Gasteiger partial charge is 0.241 e. The molecule has 1 aliphatic rings. The van der Waals surface area contributed by atoms with E-state index in [9.17, 15) is 0 Å². The molecular weight excluding hydrogens is 334 g/mol. The zero-order valence-corrected chi connectivity index (χ0v) is 15.5. The number of nitrogens with zero attached hydrogens (tertiary/aromatic N) is 3. The Labute approximate surface area is 151 Å². The molecule has 1 aliphatic heterocycles. The van der Waals surface area contributed by atoms with Gasteiger partial charge in [0.15, 0.2) is 5.16 Å². The predicted molar refractivity (Wildman–Crippen MR) is 105 cm³/mol. The second-order valence-electron chi connectivity index (χ2n) is 5.63. The van der Waals surface area contributed by atoms with Crippen molar-refractivity contribution in [2.45, 2.75) is 31.8 Å². The van der Waals surface area contributed by atoms with Crippen molar-refractivity contribution in [1.29, 1.82) is 0 Å². The topological polar surface area (TPSA) is 38.1 Å². The number of benzene rings is 1. The van der Waals surface area contributed by atoms with Crippen LogP contribution in [0.4, 0.5) is 5.69 Å². The quantitative estimate of drug-likeness (QED) is 0.513. The Bertz CT molecular complexity index is 808. The lowest BCUT2D eigenvalue weighted by molar-refractivity contribution is 0.935. The molecule has 0 amide bonds. The molecule has 0 spiro atoms. The second kappa shape index (κ2) is 7.81. The standard InChI is InChI=1S/C19H19N3S2/c1-13-4-8-17(9-5-13)22-18-16(7-6-15(3)24-18)12-23-19-20-11-10-14(2)21-19/h4-5,8-12H,3,6-7H2,1-2H3/b16-12+,22-18?. The fourth-order valence-electron chi connectivity index (χ4n) is 2.18. The van der Waals surface area contributed by atoms with Crippen molar-refractivity contribution in [3.05, 3.63) is 70.3 Å². The van der Waals surface area contributed by atoms with Crippen molar-refractivity contribution >= 4 is 34.3 Å². The summed E-state index contributed by atoms with van der Waals surface area (Å²) >= 11 is 3.22. The van der Waals surface area contributed by atoms with Gasteiger partial charge in [-0.2, -0.15) is 0 Å². The van der Waals surface area contributed by atoms with Crippen molar-refractivity contribution in [2.75, 3.05) is 0 Å². The number of allylic oxidation sites excluding steroid dienone is 1. The first-order valence-electron chi connectivity index (χ1n) is 7.77. The van der Waals surface area contributed by atoms with Gasteiger partial charge in [-0.1, -0.05) is 47.8 Å². The minimum absolute atomic E-state index is 0.770. The summed E-state index contributed by atoms with van der Waals surface area (Å²) in [6, 6.07) is 10.2. The number of aliphatic imine (C=N–C) groups is 1. The molecule has 122 valence electrons. The summed E-state index contributed by atoms with van der Waals surface area (Å²) in [7, 11) is 0. The highest BCUT2D eigenvalue weighted by molar-refractivity contribution is 8.17. The first-order valence-corrected chi connectivity index (χ1v) is 9.46. The van der Waals surface area contributed by atoms with E-state index in [4.69, 9.17) is 4.99 Å². The molecule has 0 saturated carbocycles. The van der Waals surface area contributed by atoms with Gasteiger partial charge in [0, 0.05) is 11.9 Å². The molecule has 24 heavy (non-hydrogen) atoms. The fraction of sp³-hybridized carbons (Fsp3) is 0.211. The van der Waals surface area contributed by atoms with E-state index in [2.05, 4.69) is 53.1 Å². The third-order valence-electron chi connectivity index (χ3n) is 3.53. The normalized spacial score (nSPS) is 18.3. The minimum atomic E-state index is 0.770. The average Bonchev–Trinajstić information content (AvgIpc) is 2.56. The van der Waals surface area contributed by atoms with Gasteiger partial charge >= 0.3 is 0 Å². The van der Waals surface area contributed by atoms with Crippen LogP contribution in [0.1, 0.15) is 24.1 Å².